The average molecular weight is 451 g/mol. The third-order valence-electron chi connectivity index (χ3n) is 4.01. The molecule has 1 radical (unpaired) electrons. The van der Waals surface area contributed by atoms with Crippen molar-refractivity contribution in [3.63, 3.8) is 0 Å². The molecule has 9 heteroatoms. The van der Waals surface area contributed by atoms with Gasteiger partial charge in [-0.25, -0.2) is 9.59 Å². The van der Waals surface area contributed by atoms with Gasteiger partial charge in [0, 0.05) is 26.3 Å². The summed E-state index contributed by atoms with van der Waals surface area (Å²) in [5.74, 6) is 0. The van der Waals surface area contributed by atoms with E-state index in [0.29, 0.717) is 26.3 Å². The van der Waals surface area contributed by atoms with Crippen LogP contribution in [0, 0.1) is 0 Å². The molecule has 0 aliphatic heterocycles. The Balaban J connectivity index is 1.36. The molecule has 0 bridgehead atoms. The second-order valence-corrected chi connectivity index (χ2v) is 6.59. The summed E-state index contributed by atoms with van der Waals surface area (Å²) in [6.07, 6.45) is 6.03. The molecule has 0 heterocycles. The van der Waals surface area contributed by atoms with Crippen molar-refractivity contribution in [2.75, 3.05) is 26.3 Å². The lowest BCUT2D eigenvalue weighted by atomic mass is 10.2. The van der Waals surface area contributed by atoms with Crippen molar-refractivity contribution in [1.29, 1.82) is 0 Å². The van der Waals surface area contributed by atoms with Gasteiger partial charge in [0.25, 0.3) is 0 Å². The van der Waals surface area contributed by atoms with E-state index in [2.05, 4.69) is 10.6 Å². The van der Waals surface area contributed by atoms with Crippen molar-refractivity contribution in [3.05, 3.63) is 96.1 Å². The van der Waals surface area contributed by atoms with Crippen molar-refractivity contribution in [2.45, 2.75) is 13.2 Å². The number of ether oxygens (including phenoxy) is 2. The van der Waals surface area contributed by atoms with Gasteiger partial charge in [-0.15, -0.1) is 0 Å². The zero-order chi connectivity index (χ0) is 23.4. The Morgan fingerprint density at radius 2 is 1.09 bits per heavy atom. The molecule has 173 valence electrons. The van der Waals surface area contributed by atoms with Gasteiger partial charge in [-0.2, -0.15) is 0 Å². The zero-order valence-corrected chi connectivity index (χ0v) is 18.4. The maximum absolute atomic E-state index is 11.6. The van der Waals surface area contributed by atoms with Gasteiger partial charge in [0.05, 0.1) is 0 Å². The van der Waals surface area contributed by atoms with Crippen LogP contribution < -0.4 is 10.6 Å². The summed E-state index contributed by atoms with van der Waals surface area (Å²) < 4.78 is 20.5. The fraction of sp³-hybridized carbons (Fsp3) is 0.250. The van der Waals surface area contributed by atoms with Gasteiger partial charge < -0.3 is 29.4 Å². The summed E-state index contributed by atoms with van der Waals surface area (Å²) in [5, 5.41) is 5.23. The Hall–Kier alpha value is -3.56. The summed E-state index contributed by atoms with van der Waals surface area (Å²) in [6, 6.07) is 18.9. The van der Waals surface area contributed by atoms with E-state index in [1.807, 2.05) is 60.7 Å². The smallest absolute Gasteiger partial charge is 0.445 e. The molecule has 0 atom stereocenters. The number of benzene rings is 2. The highest BCUT2D eigenvalue weighted by Crippen LogP contribution is 2.01. The van der Waals surface area contributed by atoms with Crippen LogP contribution in [0.1, 0.15) is 11.1 Å². The van der Waals surface area contributed by atoms with Crippen molar-refractivity contribution in [1.82, 2.24) is 10.6 Å². The van der Waals surface area contributed by atoms with E-state index in [9.17, 15) is 9.59 Å². The monoisotopic (exact) mass is 451 g/mol. The second kappa shape index (κ2) is 17.1. The predicted octanol–water partition coefficient (Wildman–Crippen LogP) is 3.52. The van der Waals surface area contributed by atoms with Crippen LogP contribution in [0.2, 0.25) is 0 Å². The lowest BCUT2D eigenvalue weighted by molar-refractivity contribution is 0.140. The Morgan fingerprint density at radius 3 is 1.52 bits per heavy atom. The molecule has 0 aromatic heterocycles. The van der Waals surface area contributed by atoms with Crippen LogP contribution in [0.5, 0.6) is 0 Å². The summed E-state index contributed by atoms with van der Waals surface area (Å²) in [7, 11) is 1.23. The standard InChI is InChI=1S/C24H28BN2O6/c28-23(30-19-21-11-3-1-4-12-21)26-15-7-9-17-32-25-33-18-10-8-16-27-24(29)31-20-22-13-5-2-6-14-22/h1-14H,15-20H2,(H,26,28)(H,27,29). The van der Waals surface area contributed by atoms with Gasteiger partial charge >= 0.3 is 19.9 Å². The Labute approximate surface area is 194 Å². The summed E-state index contributed by atoms with van der Waals surface area (Å²) in [6.45, 7) is 1.74. The van der Waals surface area contributed by atoms with Crippen LogP contribution in [0.15, 0.2) is 85.0 Å². The number of nitrogens with one attached hydrogen (secondary N) is 2. The molecule has 2 aromatic carbocycles. The minimum atomic E-state index is -0.481. The van der Waals surface area contributed by atoms with Crippen molar-refractivity contribution < 1.29 is 28.4 Å². The lowest BCUT2D eigenvalue weighted by Crippen LogP contribution is -2.24. The number of amides is 2. The molecule has 0 fully saturated rings. The minimum Gasteiger partial charge on any atom is -0.445 e. The van der Waals surface area contributed by atoms with Gasteiger partial charge in [-0.3, -0.25) is 0 Å². The van der Waals surface area contributed by atoms with Crippen LogP contribution in [0.25, 0.3) is 0 Å². The maximum atomic E-state index is 11.6. The first-order valence-electron chi connectivity index (χ1n) is 10.5. The molecular weight excluding hydrogens is 423 g/mol. The van der Waals surface area contributed by atoms with Gasteiger partial charge in [0.2, 0.25) is 0 Å². The first-order valence-corrected chi connectivity index (χ1v) is 10.5. The molecule has 0 spiro atoms. The quantitative estimate of drug-likeness (QED) is 0.259. The fourth-order valence-corrected chi connectivity index (χ4v) is 2.37. The van der Waals surface area contributed by atoms with Crippen LogP contribution in [0.3, 0.4) is 0 Å². The molecule has 33 heavy (non-hydrogen) atoms. The van der Waals surface area contributed by atoms with Gasteiger partial charge in [-0.05, 0) is 11.1 Å². The molecule has 0 unspecified atom stereocenters. The van der Waals surface area contributed by atoms with Gasteiger partial charge in [0.1, 0.15) is 13.2 Å². The minimum absolute atomic E-state index is 0.231. The molecule has 2 amide bonds. The van der Waals surface area contributed by atoms with Crippen molar-refractivity contribution >= 4 is 19.9 Å². The number of alkyl carbamates (subject to hydrolysis) is 2. The Bertz CT molecular complexity index is 790. The molecule has 0 aliphatic rings. The molecule has 8 nitrogen and oxygen atoms in total. The highest BCUT2D eigenvalue weighted by atomic mass is 16.6. The third kappa shape index (κ3) is 13.5. The fourth-order valence-electron chi connectivity index (χ4n) is 2.37. The summed E-state index contributed by atoms with van der Waals surface area (Å²) in [4.78, 5) is 23.1. The molecular formula is C24H28BN2O6. The largest absolute Gasteiger partial charge is 0.488 e. The molecule has 0 saturated carbocycles. The average Bonchev–Trinajstić information content (AvgIpc) is 2.85. The van der Waals surface area contributed by atoms with Crippen LogP contribution >= 0.6 is 0 Å². The van der Waals surface area contributed by atoms with E-state index in [1.54, 1.807) is 24.3 Å². The van der Waals surface area contributed by atoms with E-state index in [-0.39, 0.29) is 13.2 Å². The van der Waals surface area contributed by atoms with Crippen molar-refractivity contribution in [3.8, 4) is 0 Å². The van der Waals surface area contributed by atoms with Crippen LogP contribution in [0.4, 0.5) is 9.59 Å². The lowest BCUT2D eigenvalue weighted by Gasteiger charge is -2.05. The Morgan fingerprint density at radius 1 is 0.667 bits per heavy atom. The Kier molecular flexibility index (Phi) is 13.3. The maximum Gasteiger partial charge on any atom is 0.488 e. The molecule has 0 saturated heterocycles. The number of carbonyl (C=O) groups is 2. The van der Waals surface area contributed by atoms with E-state index < -0.39 is 12.2 Å². The van der Waals surface area contributed by atoms with E-state index in [0.717, 1.165) is 11.1 Å². The predicted molar refractivity (Wildman–Crippen MR) is 125 cm³/mol. The third-order valence-corrected chi connectivity index (χ3v) is 4.01. The first-order chi connectivity index (χ1) is 16.2. The van der Waals surface area contributed by atoms with Gasteiger partial charge in [0.15, 0.2) is 0 Å². The zero-order valence-electron chi connectivity index (χ0n) is 18.4. The normalized spacial score (nSPS) is 10.8. The second-order valence-electron chi connectivity index (χ2n) is 6.59. The number of hydrogen-bond acceptors (Lipinski definition) is 6. The van der Waals surface area contributed by atoms with E-state index >= 15 is 0 Å². The number of hydrogen-bond donors (Lipinski definition) is 2. The van der Waals surface area contributed by atoms with Crippen molar-refractivity contribution in [2.24, 2.45) is 0 Å². The van der Waals surface area contributed by atoms with Crippen LogP contribution in [-0.4, -0.2) is 46.2 Å². The van der Waals surface area contributed by atoms with Gasteiger partial charge in [-0.1, -0.05) is 85.0 Å². The summed E-state index contributed by atoms with van der Waals surface area (Å²) in [5.41, 5.74) is 1.86. The van der Waals surface area contributed by atoms with E-state index in [4.69, 9.17) is 18.8 Å². The SMILES string of the molecule is O=C(NCC=CCO[B]OCC=CCNC(=O)OCc1ccccc1)OCc1ccccc1. The molecule has 2 aromatic rings. The highest BCUT2D eigenvalue weighted by Gasteiger charge is 2.01. The topological polar surface area (TPSA) is 95.1 Å². The molecule has 0 aliphatic carbocycles. The molecule has 2 N–H and O–H groups in total. The molecule has 2 rings (SSSR count). The highest BCUT2D eigenvalue weighted by molar-refractivity contribution is 6.18. The van der Waals surface area contributed by atoms with E-state index in [1.165, 1.54) is 7.69 Å². The number of rotatable bonds is 14. The first kappa shape index (κ1) is 25.7. The summed E-state index contributed by atoms with van der Waals surface area (Å²) >= 11 is 0. The number of carbonyl (C=O) groups excluding carboxylic acids is 2. The van der Waals surface area contributed by atoms with Crippen LogP contribution in [-0.2, 0) is 32.0 Å².